The number of benzene rings is 1. The molecule has 0 aromatic heterocycles. The molecule has 5 nitrogen and oxygen atoms in total. The summed E-state index contributed by atoms with van der Waals surface area (Å²) in [4.78, 5) is 14.2. The second kappa shape index (κ2) is 8.12. The molecule has 1 saturated heterocycles. The van der Waals surface area contributed by atoms with Crippen LogP contribution in [-0.4, -0.2) is 50.1 Å². The predicted octanol–water partition coefficient (Wildman–Crippen LogP) is 0.0977. The highest BCUT2D eigenvalue weighted by Gasteiger charge is 2.18. The smallest absolute Gasteiger partial charge is 0.221 e. The Morgan fingerprint density at radius 1 is 1.38 bits per heavy atom. The van der Waals surface area contributed by atoms with Crippen LogP contribution in [0.15, 0.2) is 24.3 Å². The van der Waals surface area contributed by atoms with Crippen LogP contribution < -0.4 is 16.4 Å². The maximum absolute atomic E-state index is 11.9. The molecule has 1 aliphatic rings. The van der Waals surface area contributed by atoms with Gasteiger partial charge in [-0.1, -0.05) is 24.3 Å². The summed E-state index contributed by atoms with van der Waals surface area (Å²) >= 11 is 0. The highest BCUT2D eigenvalue weighted by molar-refractivity contribution is 5.76. The van der Waals surface area contributed by atoms with Crippen LogP contribution in [0.1, 0.15) is 17.5 Å². The zero-order valence-corrected chi connectivity index (χ0v) is 12.8. The number of nitrogens with one attached hydrogen (secondary N) is 2. The molecule has 116 valence electrons. The van der Waals surface area contributed by atoms with Crippen molar-refractivity contribution in [1.29, 1.82) is 0 Å². The van der Waals surface area contributed by atoms with Crippen LogP contribution in [0, 0.1) is 0 Å². The standard InChI is InChI=1S/C16H26N4O/c1-20-9-8-18-15(12-20)10-16(21)19-7-6-13-2-4-14(11-17)5-3-13/h2-5,15,18H,6-12,17H2,1H3,(H,19,21). The number of nitrogens with two attached hydrogens (primary N) is 1. The Kier molecular flexibility index (Phi) is 6.17. The van der Waals surface area contributed by atoms with Crippen molar-refractivity contribution in [2.45, 2.75) is 25.4 Å². The fourth-order valence-corrected chi connectivity index (χ4v) is 2.61. The van der Waals surface area contributed by atoms with Crippen molar-refractivity contribution >= 4 is 5.91 Å². The number of hydrogen-bond donors (Lipinski definition) is 3. The second-order valence-corrected chi connectivity index (χ2v) is 5.74. The van der Waals surface area contributed by atoms with E-state index >= 15 is 0 Å². The Labute approximate surface area is 126 Å². The first-order valence-electron chi connectivity index (χ1n) is 7.64. The lowest BCUT2D eigenvalue weighted by molar-refractivity contribution is -0.121. The molecule has 0 aliphatic carbocycles. The summed E-state index contributed by atoms with van der Waals surface area (Å²) in [7, 11) is 2.09. The zero-order chi connectivity index (χ0) is 15.1. The first kappa shape index (κ1) is 15.9. The second-order valence-electron chi connectivity index (χ2n) is 5.74. The minimum atomic E-state index is 0.126. The van der Waals surface area contributed by atoms with E-state index in [4.69, 9.17) is 5.73 Å². The lowest BCUT2D eigenvalue weighted by Crippen LogP contribution is -2.50. The minimum Gasteiger partial charge on any atom is -0.356 e. The van der Waals surface area contributed by atoms with E-state index in [2.05, 4.69) is 34.7 Å². The molecule has 0 bridgehead atoms. The van der Waals surface area contributed by atoms with Crippen molar-refractivity contribution in [2.75, 3.05) is 33.2 Å². The predicted molar refractivity (Wildman–Crippen MR) is 85.0 cm³/mol. The summed E-state index contributed by atoms with van der Waals surface area (Å²) in [5.41, 5.74) is 7.93. The van der Waals surface area contributed by atoms with E-state index in [1.165, 1.54) is 5.56 Å². The largest absolute Gasteiger partial charge is 0.356 e. The van der Waals surface area contributed by atoms with Crippen LogP contribution in [0.3, 0.4) is 0 Å². The minimum absolute atomic E-state index is 0.126. The van der Waals surface area contributed by atoms with Gasteiger partial charge < -0.3 is 21.3 Å². The maximum Gasteiger partial charge on any atom is 0.221 e. The first-order valence-corrected chi connectivity index (χ1v) is 7.64. The van der Waals surface area contributed by atoms with Gasteiger partial charge in [0.2, 0.25) is 5.91 Å². The molecule has 1 atom stereocenters. The Morgan fingerprint density at radius 2 is 2.10 bits per heavy atom. The van der Waals surface area contributed by atoms with Crippen LogP contribution >= 0.6 is 0 Å². The SMILES string of the molecule is CN1CCNC(CC(=O)NCCc2ccc(CN)cc2)C1. The van der Waals surface area contributed by atoms with Gasteiger partial charge in [0.05, 0.1) is 0 Å². The van der Waals surface area contributed by atoms with E-state index in [-0.39, 0.29) is 11.9 Å². The quantitative estimate of drug-likeness (QED) is 0.695. The van der Waals surface area contributed by atoms with E-state index in [1.807, 2.05) is 12.1 Å². The summed E-state index contributed by atoms with van der Waals surface area (Å²) in [5, 5.41) is 6.39. The first-order chi connectivity index (χ1) is 10.2. The number of likely N-dealkylation sites (N-methyl/N-ethyl adjacent to an activating group) is 1. The van der Waals surface area contributed by atoms with Gasteiger partial charge in [-0.15, -0.1) is 0 Å². The lowest BCUT2D eigenvalue weighted by Gasteiger charge is -2.30. The topological polar surface area (TPSA) is 70.4 Å². The van der Waals surface area contributed by atoms with E-state index in [9.17, 15) is 4.79 Å². The van der Waals surface area contributed by atoms with Gasteiger partial charge in [0.15, 0.2) is 0 Å². The average Bonchev–Trinajstić information content (AvgIpc) is 2.48. The molecular weight excluding hydrogens is 264 g/mol. The lowest BCUT2D eigenvalue weighted by atomic mass is 10.1. The van der Waals surface area contributed by atoms with Crippen LogP contribution in [0.2, 0.25) is 0 Å². The summed E-state index contributed by atoms with van der Waals surface area (Å²) in [5.74, 6) is 0.126. The molecule has 0 radical (unpaired) electrons. The number of rotatable bonds is 6. The third kappa shape index (κ3) is 5.46. The van der Waals surface area contributed by atoms with Gasteiger partial charge in [-0.3, -0.25) is 4.79 Å². The average molecular weight is 290 g/mol. The van der Waals surface area contributed by atoms with Crippen LogP contribution in [0.25, 0.3) is 0 Å². The van der Waals surface area contributed by atoms with Gasteiger partial charge in [0.25, 0.3) is 0 Å². The number of hydrogen-bond acceptors (Lipinski definition) is 4. The van der Waals surface area contributed by atoms with Gasteiger partial charge >= 0.3 is 0 Å². The van der Waals surface area contributed by atoms with E-state index in [1.54, 1.807) is 0 Å². The van der Waals surface area contributed by atoms with Gasteiger partial charge in [0, 0.05) is 45.2 Å². The Bertz CT molecular complexity index is 446. The molecule has 1 aromatic rings. The Hall–Kier alpha value is -1.43. The molecule has 4 N–H and O–H groups in total. The van der Waals surface area contributed by atoms with Crippen molar-refractivity contribution in [3.8, 4) is 0 Å². The number of carbonyl (C=O) groups is 1. The molecule has 0 spiro atoms. The number of carbonyl (C=O) groups excluding carboxylic acids is 1. The van der Waals surface area contributed by atoms with Crippen molar-refractivity contribution < 1.29 is 4.79 Å². The Balaban J connectivity index is 1.66. The van der Waals surface area contributed by atoms with E-state index < -0.39 is 0 Å². The number of piperazine rings is 1. The maximum atomic E-state index is 11.9. The summed E-state index contributed by atoms with van der Waals surface area (Å²) in [6.07, 6.45) is 1.41. The molecule has 1 aromatic carbocycles. The van der Waals surface area contributed by atoms with Gasteiger partial charge in [0.1, 0.15) is 0 Å². The monoisotopic (exact) mass is 290 g/mol. The third-order valence-corrected chi connectivity index (χ3v) is 3.88. The molecule has 1 aliphatic heterocycles. The molecule has 1 amide bonds. The summed E-state index contributed by atoms with van der Waals surface area (Å²) in [6, 6.07) is 8.50. The number of amides is 1. The third-order valence-electron chi connectivity index (χ3n) is 3.88. The van der Waals surface area contributed by atoms with Crippen molar-refractivity contribution in [3.05, 3.63) is 35.4 Å². The normalized spacial score (nSPS) is 19.4. The van der Waals surface area contributed by atoms with Crippen LogP contribution in [0.4, 0.5) is 0 Å². The molecule has 1 unspecified atom stereocenters. The van der Waals surface area contributed by atoms with Crippen LogP contribution in [-0.2, 0) is 17.8 Å². The summed E-state index contributed by atoms with van der Waals surface area (Å²) in [6.45, 7) is 4.20. The molecule has 0 saturated carbocycles. The fourth-order valence-electron chi connectivity index (χ4n) is 2.61. The molecule has 1 fully saturated rings. The van der Waals surface area contributed by atoms with Crippen LogP contribution in [0.5, 0.6) is 0 Å². The van der Waals surface area contributed by atoms with Crippen molar-refractivity contribution in [3.63, 3.8) is 0 Å². The zero-order valence-electron chi connectivity index (χ0n) is 12.8. The molecule has 5 heteroatoms. The van der Waals surface area contributed by atoms with E-state index in [0.717, 1.165) is 31.6 Å². The Morgan fingerprint density at radius 3 is 2.76 bits per heavy atom. The number of nitrogens with zero attached hydrogens (tertiary/aromatic N) is 1. The molecule has 1 heterocycles. The molecule has 2 rings (SSSR count). The highest BCUT2D eigenvalue weighted by Crippen LogP contribution is 2.04. The fraction of sp³-hybridized carbons (Fsp3) is 0.562. The van der Waals surface area contributed by atoms with Crippen molar-refractivity contribution in [2.24, 2.45) is 5.73 Å². The van der Waals surface area contributed by atoms with Crippen molar-refractivity contribution in [1.82, 2.24) is 15.5 Å². The molecular formula is C16H26N4O. The van der Waals surface area contributed by atoms with Gasteiger partial charge in [-0.25, -0.2) is 0 Å². The summed E-state index contributed by atoms with van der Waals surface area (Å²) < 4.78 is 0. The van der Waals surface area contributed by atoms with E-state index in [0.29, 0.717) is 19.5 Å². The van der Waals surface area contributed by atoms with Gasteiger partial charge in [-0.2, -0.15) is 0 Å². The molecule has 21 heavy (non-hydrogen) atoms. The highest BCUT2D eigenvalue weighted by atomic mass is 16.1. The van der Waals surface area contributed by atoms with Gasteiger partial charge in [-0.05, 0) is 24.6 Å².